The molecule has 1 aliphatic rings. The van der Waals surface area contributed by atoms with Crippen LogP contribution in [-0.4, -0.2) is 30.1 Å². The Morgan fingerprint density at radius 3 is 2.88 bits per heavy atom. The van der Waals surface area contributed by atoms with E-state index in [-0.39, 0.29) is 17.2 Å². The monoisotopic (exact) mass is 242 g/mol. The molecule has 0 bridgehead atoms. The van der Waals surface area contributed by atoms with Gasteiger partial charge in [-0.05, 0) is 31.2 Å². The minimum absolute atomic E-state index is 0.136. The van der Waals surface area contributed by atoms with Crippen molar-refractivity contribution in [3.8, 4) is 0 Å². The van der Waals surface area contributed by atoms with Crippen LogP contribution in [0.4, 0.5) is 0 Å². The SMILES string of the molecule is O=c1ccc(CC2CCCS(=O)(=O)C2)n[nH]1. The Kier molecular flexibility index (Phi) is 3.09. The van der Waals surface area contributed by atoms with Crippen molar-refractivity contribution in [1.82, 2.24) is 10.2 Å². The third-order valence-electron chi connectivity index (χ3n) is 2.79. The van der Waals surface area contributed by atoms with E-state index in [9.17, 15) is 13.2 Å². The van der Waals surface area contributed by atoms with Crippen molar-refractivity contribution in [3.63, 3.8) is 0 Å². The van der Waals surface area contributed by atoms with Crippen molar-refractivity contribution in [2.45, 2.75) is 19.3 Å². The van der Waals surface area contributed by atoms with Crippen LogP contribution in [0.5, 0.6) is 0 Å². The molecule has 1 atom stereocenters. The van der Waals surface area contributed by atoms with E-state index in [1.807, 2.05) is 0 Å². The van der Waals surface area contributed by atoms with Crippen LogP contribution in [0.25, 0.3) is 0 Å². The zero-order chi connectivity index (χ0) is 11.6. The van der Waals surface area contributed by atoms with Gasteiger partial charge >= 0.3 is 0 Å². The van der Waals surface area contributed by atoms with Gasteiger partial charge in [-0.3, -0.25) is 4.79 Å². The first-order valence-corrected chi connectivity index (χ1v) is 7.12. The zero-order valence-corrected chi connectivity index (χ0v) is 9.66. The number of nitrogens with zero attached hydrogens (tertiary/aromatic N) is 1. The van der Waals surface area contributed by atoms with Gasteiger partial charge in [0.25, 0.3) is 5.56 Å². The summed E-state index contributed by atoms with van der Waals surface area (Å²) in [5.41, 5.74) is 0.515. The molecule has 2 heterocycles. The molecule has 1 unspecified atom stereocenters. The van der Waals surface area contributed by atoms with E-state index in [0.29, 0.717) is 12.2 Å². The smallest absolute Gasteiger partial charge is 0.264 e. The highest BCUT2D eigenvalue weighted by Crippen LogP contribution is 2.21. The van der Waals surface area contributed by atoms with Crippen LogP contribution in [0.3, 0.4) is 0 Å². The van der Waals surface area contributed by atoms with Gasteiger partial charge in [0.15, 0.2) is 9.84 Å². The molecule has 1 fully saturated rings. The average Bonchev–Trinajstić information content (AvgIpc) is 2.20. The molecule has 16 heavy (non-hydrogen) atoms. The van der Waals surface area contributed by atoms with Crippen LogP contribution in [0.15, 0.2) is 16.9 Å². The van der Waals surface area contributed by atoms with Gasteiger partial charge in [-0.25, -0.2) is 13.5 Å². The summed E-state index contributed by atoms with van der Waals surface area (Å²) < 4.78 is 22.9. The van der Waals surface area contributed by atoms with Crippen LogP contribution in [0.2, 0.25) is 0 Å². The van der Waals surface area contributed by atoms with Crippen LogP contribution < -0.4 is 5.56 Å². The maximum atomic E-state index is 11.4. The highest BCUT2D eigenvalue weighted by molar-refractivity contribution is 7.91. The Morgan fingerprint density at radius 1 is 1.44 bits per heavy atom. The van der Waals surface area contributed by atoms with Crippen molar-refractivity contribution in [3.05, 3.63) is 28.2 Å². The number of H-pyrrole nitrogens is 1. The molecule has 1 saturated heterocycles. The molecule has 0 spiro atoms. The number of rotatable bonds is 2. The lowest BCUT2D eigenvalue weighted by molar-refractivity contribution is 0.478. The van der Waals surface area contributed by atoms with Crippen molar-refractivity contribution >= 4 is 9.84 Å². The number of nitrogens with one attached hydrogen (secondary N) is 1. The van der Waals surface area contributed by atoms with Gasteiger partial charge < -0.3 is 0 Å². The highest BCUT2D eigenvalue weighted by Gasteiger charge is 2.25. The third-order valence-corrected chi connectivity index (χ3v) is 4.68. The summed E-state index contributed by atoms with van der Waals surface area (Å²) in [6, 6.07) is 3.07. The highest BCUT2D eigenvalue weighted by atomic mass is 32.2. The Morgan fingerprint density at radius 2 is 2.25 bits per heavy atom. The van der Waals surface area contributed by atoms with Crippen molar-refractivity contribution in [2.75, 3.05) is 11.5 Å². The Balaban J connectivity index is 2.05. The normalized spacial score (nSPS) is 24.1. The fourth-order valence-electron chi connectivity index (χ4n) is 2.06. The van der Waals surface area contributed by atoms with Gasteiger partial charge in [-0.1, -0.05) is 0 Å². The third kappa shape index (κ3) is 2.91. The number of aromatic amines is 1. The van der Waals surface area contributed by atoms with E-state index in [1.54, 1.807) is 6.07 Å². The minimum atomic E-state index is -2.86. The number of sulfone groups is 1. The number of aromatic nitrogens is 2. The van der Waals surface area contributed by atoms with E-state index < -0.39 is 9.84 Å². The van der Waals surface area contributed by atoms with Crippen molar-refractivity contribution in [2.24, 2.45) is 5.92 Å². The summed E-state index contributed by atoms with van der Waals surface area (Å²) >= 11 is 0. The fourth-order valence-corrected chi connectivity index (χ4v) is 3.84. The molecule has 1 aromatic rings. The molecule has 1 aromatic heterocycles. The summed E-state index contributed by atoms with van der Waals surface area (Å²) in [7, 11) is -2.86. The average molecular weight is 242 g/mol. The van der Waals surface area contributed by atoms with Crippen LogP contribution >= 0.6 is 0 Å². The summed E-state index contributed by atoms with van der Waals surface area (Å²) in [5.74, 6) is 0.688. The Labute approximate surface area is 93.8 Å². The molecular formula is C10H14N2O3S. The molecule has 1 aliphatic heterocycles. The van der Waals surface area contributed by atoms with Gasteiger partial charge in [0.2, 0.25) is 0 Å². The standard InChI is InChI=1S/C10H14N2O3S/c13-10-4-3-9(11-12-10)6-8-2-1-5-16(14,15)7-8/h3-4,8H,1-2,5-7H2,(H,12,13). The molecular weight excluding hydrogens is 228 g/mol. The molecule has 0 aromatic carbocycles. The molecule has 88 valence electrons. The molecule has 1 N–H and O–H groups in total. The number of hydrogen-bond donors (Lipinski definition) is 1. The molecule has 0 saturated carbocycles. The lowest BCUT2D eigenvalue weighted by Crippen LogP contribution is -2.27. The maximum absolute atomic E-state index is 11.4. The lowest BCUT2D eigenvalue weighted by Gasteiger charge is -2.21. The maximum Gasteiger partial charge on any atom is 0.264 e. The molecule has 5 nitrogen and oxygen atoms in total. The number of hydrogen-bond acceptors (Lipinski definition) is 4. The minimum Gasteiger partial charge on any atom is -0.268 e. The molecule has 2 rings (SSSR count). The summed E-state index contributed by atoms with van der Waals surface area (Å²) in [4.78, 5) is 10.8. The summed E-state index contributed by atoms with van der Waals surface area (Å²) in [6.07, 6.45) is 2.27. The van der Waals surface area contributed by atoms with Gasteiger partial charge in [0.1, 0.15) is 0 Å². The van der Waals surface area contributed by atoms with E-state index >= 15 is 0 Å². The van der Waals surface area contributed by atoms with Crippen molar-refractivity contribution in [1.29, 1.82) is 0 Å². The first-order valence-electron chi connectivity index (χ1n) is 5.30. The second-order valence-corrected chi connectivity index (χ2v) is 6.47. The van der Waals surface area contributed by atoms with Crippen LogP contribution in [0, 0.1) is 5.92 Å². The van der Waals surface area contributed by atoms with E-state index in [2.05, 4.69) is 10.2 Å². The zero-order valence-electron chi connectivity index (χ0n) is 8.85. The van der Waals surface area contributed by atoms with Gasteiger partial charge in [-0.2, -0.15) is 5.10 Å². The van der Waals surface area contributed by atoms with Crippen LogP contribution in [-0.2, 0) is 16.3 Å². The van der Waals surface area contributed by atoms with Crippen LogP contribution in [0.1, 0.15) is 18.5 Å². The largest absolute Gasteiger partial charge is 0.268 e. The second kappa shape index (κ2) is 4.37. The Bertz CT molecular complexity index is 501. The molecule has 0 radical (unpaired) electrons. The van der Waals surface area contributed by atoms with Crippen molar-refractivity contribution < 1.29 is 8.42 Å². The van der Waals surface area contributed by atoms with Gasteiger partial charge in [0.05, 0.1) is 17.2 Å². The fraction of sp³-hybridized carbons (Fsp3) is 0.600. The summed E-state index contributed by atoms with van der Waals surface area (Å²) in [6.45, 7) is 0. The van der Waals surface area contributed by atoms with E-state index in [0.717, 1.165) is 18.5 Å². The summed E-state index contributed by atoms with van der Waals surface area (Å²) in [5, 5.41) is 6.24. The topological polar surface area (TPSA) is 79.9 Å². The predicted octanol–water partition coefficient (Wildman–Crippen LogP) is 0.137. The Hall–Kier alpha value is -1.17. The molecule has 0 aliphatic carbocycles. The molecule has 6 heteroatoms. The molecule has 0 amide bonds. The first-order chi connectivity index (χ1) is 7.55. The predicted molar refractivity (Wildman–Crippen MR) is 59.9 cm³/mol. The van der Waals surface area contributed by atoms with Gasteiger partial charge in [-0.15, -0.1) is 0 Å². The van der Waals surface area contributed by atoms with Gasteiger partial charge in [0, 0.05) is 6.07 Å². The second-order valence-electron chi connectivity index (χ2n) is 4.24. The van der Waals surface area contributed by atoms with E-state index in [4.69, 9.17) is 0 Å². The van der Waals surface area contributed by atoms with E-state index in [1.165, 1.54) is 6.07 Å². The lowest BCUT2D eigenvalue weighted by atomic mass is 9.99. The first kappa shape index (κ1) is 11.3. The quantitative estimate of drug-likeness (QED) is 0.799.